The van der Waals surface area contributed by atoms with Gasteiger partial charge in [0.1, 0.15) is 0 Å². The molecule has 3 rings (SSSR count). The molecule has 0 aliphatic carbocycles. The largest absolute Gasteiger partial charge is 0.389 e. The Morgan fingerprint density at radius 1 is 1.50 bits per heavy atom. The van der Waals surface area contributed by atoms with Gasteiger partial charge in [0, 0.05) is 22.5 Å². The van der Waals surface area contributed by atoms with Crippen LogP contribution in [0.4, 0.5) is 0 Å². The summed E-state index contributed by atoms with van der Waals surface area (Å²) in [5.74, 6) is 2.41. The number of aliphatic hydroxyl groups is 1. The Balaban J connectivity index is 1.66. The van der Waals surface area contributed by atoms with Gasteiger partial charge in [-0.05, 0) is 49.6 Å². The molecular weight excluding hydrogens is 288 g/mol. The second kappa shape index (κ2) is 6.30. The molecule has 1 aromatic carbocycles. The number of ether oxygens (including phenoxy) is 1. The number of hydrogen-bond acceptors (Lipinski definition) is 4. The van der Waals surface area contributed by atoms with Crippen LogP contribution in [0.1, 0.15) is 37.9 Å². The van der Waals surface area contributed by atoms with E-state index in [1.807, 2.05) is 42.6 Å². The van der Waals surface area contributed by atoms with Crippen LogP contribution in [0.15, 0.2) is 29.2 Å². The lowest BCUT2D eigenvalue weighted by Crippen LogP contribution is -2.40. The summed E-state index contributed by atoms with van der Waals surface area (Å²) < 4.78 is 6.08. The predicted octanol–water partition coefficient (Wildman–Crippen LogP) is 3.89. The highest BCUT2D eigenvalue weighted by Gasteiger charge is 2.40. The van der Waals surface area contributed by atoms with Gasteiger partial charge in [-0.25, -0.2) is 0 Å². The summed E-state index contributed by atoms with van der Waals surface area (Å²) in [5, 5.41) is 10.3. The molecule has 2 aliphatic heterocycles. The Morgan fingerprint density at radius 2 is 2.40 bits per heavy atom. The van der Waals surface area contributed by atoms with Crippen LogP contribution >= 0.6 is 23.5 Å². The molecule has 2 nitrogen and oxygen atoms in total. The van der Waals surface area contributed by atoms with Gasteiger partial charge in [-0.15, -0.1) is 11.8 Å². The third-order valence-electron chi connectivity index (χ3n) is 4.16. The summed E-state index contributed by atoms with van der Waals surface area (Å²) in [6.45, 7) is 2.72. The maximum Gasteiger partial charge on any atom is 0.0791 e. The molecule has 0 aromatic heterocycles. The molecule has 0 bridgehead atoms. The van der Waals surface area contributed by atoms with Crippen molar-refractivity contribution >= 4 is 23.5 Å². The first-order valence-corrected chi connectivity index (χ1v) is 9.37. The fraction of sp³-hybridized carbons (Fsp3) is 0.625. The molecule has 1 N–H and O–H groups in total. The smallest absolute Gasteiger partial charge is 0.0791 e. The zero-order valence-corrected chi connectivity index (χ0v) is 13.5. The number of benzene rings is 1. The predicted molar refractivity (Wildman–Crippen MR) is 86.6 cm³/mol. The highest BCUT2D eigenvalue weighted by atomic mass is 32.2. The highest BCUT2D eigenvalue weighted by Crippen LogP contribution is 2.43. The number of aliphatic hydroxyl groups excluding tert-OH is 1. The molecule has 4 heteroatoms. The average molecular weight is 310 g/mol. The van der Waals surface area contributed by atoms with E-state index in [1.165, 1.54) is 23.5 Å². The summed E-state index contributed by atoms with van der Waals surface area (Å²) in [6.07, 6.45) is 3.13. The van der Waals surface area contributed by atoms with Crippen molar-refractivity contribution in [2.45, 2.75) is 48.0 Å². The molecule has 2 heterocycles. The first-order valence-electron chi connectivity index (χ1n) is 7.33. The Hall–Kier alpha value is -0.160. The SMILES string of the molecule is CC(O)c1cccc(SC2CCOC3(CCSC3)C2)c1. The first-order chi connectivity index (χ1) is 9.67. The van der Waals surface area contributed by atoms with Crippen LogP contribution in [0.25, 0.3) is 0 Å². The Morgan fingerprint density at radius 3 is 3.15 bits per heavy atom. The van der Waals surface area contributed by atoms with E-state index in [2.05, 4.69) is 12.1 Å². The van der Waals surface area contributed by atoms with Crippen molar-refractivity contribution in [3.63, 3.8) is 0 Å². The molecule has 2 fully saturated rings. The number of rotatable bonds is 3. The van der Waals surface area contributed by atoms with Gasteiger partial charge in [-0.1, -0.05) is 12.1 Å². The van der Waals surface area contributed by atoms with Gasteiger partial charge in [-0.2, -0.15) is 11.8 Å². The summed E-state index contributed by atoms with van der Waals surface area (Å²) in [5.41, 5.74) is 1.16. The lowest BCUT2D eigenvalue weighted by atomic mass is 9.93. The number of thioether (sulfide) groups is 2. The van der Waals surface area contributed by atoms with Gasteiger partial charge < -0.3 is 9.84 Å². The minimum atomic E-state index is -0.386. The van der Waals surface area contributed by atoms with E-state index in [9.17, 15) is 5.11 Å². The minimum Gasteiger partial charge on any atom is -0.389 e. The van der Waals surface area contributed by atoms with Gasteiger partial charge in [0.25, 0.3) is 0 Å². The molecule has 3 atom stereocenters. The summed E-state index contributed by atoms with van der Waals surface area (Å²) in [7, 11) is 0. The maximum atomic E-state index is 9.69. The molecular formula is C16H22O2S2. The second-order valence-electron chi connectivity index (χ2n) is 5.82. The van der Waals surface area contributed by atoms with Gasteiger partial charge in [0.2, 0.25) is 0 Å². The van der Waals surface area contributed by atoms with Gasteiger partial charge >= 0.3 is 0 Å². The van der Waals surface area contributed by atoms with Crippen LogP contribution in [0.3, 0.4) is 0 Å². The lowest BCUT2D eigenvalue weighted by molar-refractivity contribution is -0.0562. The molecule has 3 unspecified atom stereocenters. The average Bonchev–Trinajstić information content (AvgIpc) is 2.87. The first kappa shape index (κ1) is 14.8. The standard InChI is InChI=1S/C16H22O2S2/c1-12(17)13-3-2-4-14(9-13)20-15-5-7-18-16(10-15)6-8-19-11-16/h2-4,9,12,15,17H,5-8,10-11H2,1H3. The van der Waals surface area contributed by atoms with Gasteiger partial charge in [-0.3, -0.25) is 0 Å². The molecule has 1 aromatic rings. The van der Waals surface area contributed by atoms with Crippen LogP contribution in [0, 0.1) is 0 Å². The van der Waals surface area contributed by atoms with E-state index in [-0.39, 0.29) is 11.7 Å². The van der Waals surface area contributed by atoms with Crippen LogP contribution in [0.5, 0.6) is 0 Å². The van der Waals surface area contributed by atoms with E-state index >= 15 is 0 Å². The van der Waals surface area contributed by atoms with Crippen LogP contribution < -0.4 is 0 Å². The zero-order valence-electron chi connectivity index (χ0n) is 11.9. The van der Waals surface area contributed by atoms with E-state index < -0.39 is 0 Å². The Bertz CT molecular complexity index is 456. The summed E-state index contributed by atoms with van der Waals surface area (Å²) in [4.78, 5) is 1.27. The van der Waals surface area contributed by atoms with Crippen LogP contribution in [-0.2, 0) is 4.74 Å². The van der Waals surface area contributed by atoms with Gasteiger partial charge in [0.05, 0.1) is 11.7 Å². The summed E-state index contributed by atoms with van der Waals surface area (Å²) >= 11 is 3.98. The molecule has 0 saturated carbocycles. The second-order valence-corrected chi connectivity index (χ2v) is 8.29. The topological polar surface area (TPSA) is 29.5 Å². The number of hydrogen-bond donors (Lipinski definition) is 1. The quantitative estimate of drug-likeness (QED) is 0.917. The van der Waals surface area contributed by atoms with E-state index in [0.29, 0.717) is 5.25 Å². The fourth-order valence-corrected chi connectivity index (χ4v) is 5.71. The van der Waals surface area contributed by atoms with Crippen molar-refractivity contribution in [3.05, 3.63) is 29.8 Å². The third-order valence-corrected chi connectivity index (χ3v) is 6.64. The Kier molecular flexibility index (Phi) is 4.65. The van der Waals surface area contributed by atoms with E-state index in [4.69, 9.17) is 4.74 Å². The van der Waals surface area contributed by atoms with E-state index in [0.717, 1.165) is 24.3 Å². The molecule has 2 saturated heterocycles. The van der Waals surface area contributed by atoms with Crippen molar-refractivity contribution in [1.29, 1.82) is 0 Å². The molecule has 110 valence electrons. The normalized spacial score (nSPS) is 31.6. The van der Waals surface area contributed by atoms with E-state index in [1.54, 1.807) is 0 Å². The third kappa shape index (κ3) is 3.35. The van der Waals surface area contributed by atoms with Crippen molar-refractivity contribution in [3.8, 4) is 0 Å². The minimum absolute atomic E-state index is 0.155. The molecule has 2 aliphatic rings. The molecule has 0 radical (unpaired) electrons. The zero-order chi connectivity index (χ0) is 14.0. The highest BCUT2D eigenvalue weighted by molar-refractivity contribution is 8.00. The van der Waals surface area contributed by atoms with Gasteiger partial charge in [0.15, 0.2) is 0 Å². The summed E-state index contributed by atoms with van der Waals surface area (Å²) in [6, 6.07) is 8.32. The van der Waals surface area contributed by atoms with Crippen LogP contribution in [0.2, 0.25) is 0 Å². The molecule has 0 amide bonds. The Labute approximate surface area is 129 Å². The van der Waals surface area contributed by atoms with Crippen LogP contribution in [-0.4, -0.2) is 34.1 Å². The maximum absolute atomic E-state index is 9.69. The lowest BCUT2D eigenvalue weighted by Gasteiger charge is -2.37. The monoisotopic (exact) mass is 310 g/mol. The van der Waals surface area contributed by atoms with Crippen molar-refractivity contribution in [2.75, 3.05) is 18.1 Å². The molecule has 20 heavy (non-hydrogen) atoms. The van der Waals surface area contributed by atoms with Crippen molar-refractivity contribution in [1.82, 2.24) is 0 Å². The fourth-order valence-electron chi connectivity index (χ4n) is 2.99. The van der Waals surface area contributed by atoms with Crippen molar-refractivity contribution in [2.24, 2.45) is 0 Å². The van der Waals surface area contributed by atoms with Crippen molar-refractivity contribution < 1.29 is 9.84 Å². The molecule has 1 spiro atoms.